The minimum atomic E-state index is -3.15. The predicted molar refractivity (Wildman–Crippen MR) is 158 cm³/mol. The zero-order chi connectivity index (χ0) is 32.7. The van der Waals surface area contributed by atoms with Crippen molar-refractivity contribution in [1.82, 2.24) is 4.90 Å². The lowest BCUT2D eigenvalue weighted by atomic mass is 9.42. The van der Waals surface area contributed by atoms with E-state index in [9.17, 15) is 38.6 Å². The van der Waals surface area contributed by atoms with E-state index in [1.807, 2.05) is 0 Å². The van der Waals surface area contributed by atoms with E-state index in [0.29, 0.717) is 10.6 Å². The van der Waals surface area contributed by atoms with Crippen molar-refractivity contribution in [2.75, 3.05) is 14.1 Å². The van der Waals surface area contributed by atoms with Gasteiger partial charge < -0.3 is 22.3 Å². The number of nitriles is 1. The number of aromatic hydroxyl groups is 1. The first-order valence-corrected chi connectivity index (χ1v) is 14.7. The summed E-state index contributed by atoms with van der Waals surface area (Å²) in [4.78, 5) is 70.6. The molecular formula is C29H27ClN6O7S. The van der Waals surface area contributed by atoms with Gasteiger partial charge in [0.25, 0.3) is 0 Å². The number of phenols is 1. The summed E-state index contributed by atoms with van der Waals surface area (Å²) < 4.78 is 13.8. The van der Waals surface area contributed by atoms with E-state index >= 15 is 0 Å². The van der Waals surface area contributed by atoms with Crippen LogP contribution < -0.4 is 22.3 Å². The number of primary amides is 1. The van der Waals surface area contributed by atoms with Crippen LogP contribution in [0.4, 0.5) is 0 Å². The van der Waals surface area contributed by atoms with E-state index in [-0.39, 0.29) is 16.7 Å². The molecule has 2 aromatic rings. The molecular weight excluding hydrogens is 612 g/mol. The van der Waals surface area contributed by atoms with Crippen LogP contribution in [0, 0.1) is 28.6 Å². The number of hydrogen-bond acceptors (Lipinski definition) is 11. The van der Waals surface area contributed by atoms with Gasteiger partial charge in [0.2, 0.25) is 5.91 Å². The molecule has 0 aliphatic heterocycles. The Morgan fingerprint density at radius 1 is 1.09 bits per heavy atom. The van der Waals surface area contributed by atoms with Crippen molar-refractivity contribution in [2.45, 2.75) is 22.4 Å². The van der Waals surface area contributed by atoms with E-state index in [4.69, 9.17) is 33.9 Å². The molecule has 3 unspecified atom stereocenters. The van der Waals surface area contributed by atoms with Crippen molar-refractivity contribution in [2.24, 2.45) is 39.6 Å². The Labute approximate surface area is 258 Å². The number of amides is 1. The molecule has 3 aliphatic carbocycles. The quantitative estimate of drug-likeness (QED) is 0.255. The van der Waals surface area contributed by atoms with Gasteiger partial charge in [-0.2, -0.15) is 5.26 Å². The SMILES string of the molecule is CN(C)[C@@H]1C(=O)C(C(N)=O)C(=O)[C@@]2(C#N)C(=O)C3C(=O)c4c(O)cccc4C(=Cc4ccc(Cl)cc4)[C@@]3(N)[C@H](S(N)=O)[C@@]12N. The summed E-state index contributed by atoms with van der Waals surface area (Å²) in [5.74, 6) is -11.7. The molecule has 0 bridgehead atoms. The van der Waals surface area contributed by atoms with E-state index < -0.39 is 85.4 Å². The fraction of sp³-hybridized carbons (Fsp3) is 0.310. The Balaban J connectivity index is 1.99. The first-order chi connectivity index (χ1) is 20.5. The maximum Gasteiger partial charge on any atom is 0.235 e. The third-order valence-electron chi connectivity index (χ3n) is 8.95. The molecule has 0 saturated heterocycles. The minimum absolute atomic E-state index is 0.0323. The van der Waals surface area contributed by atoms with Crippen molar-refractivity contribution in [3.05, 3.63) is 64.2 Å². The third-order valence-corrected chi connectivity index (χ3v) is 10.5. The third kappa shape index (κ3) is 3.71. The Morgan fingerprint density at radius 3 is 2.23 bits per heavy atom. The number of phenolic OH excluding ortho intramolecular Hbond substituents is 1. The van der Waals surface area contributed by atoms with Crippen LogP contribution in [0.15, 0.2) is 42.5 Å². The Bertz CT molecular complexity index is 1790. The second kappa shape index (κ2) is 10.2. The second-order valence-corrected chi connectivity index (χ2v) is 12.9. The number of carbonyl (C=O) groups is 5. The van der Waals surface area contributed by atoms with Crippen LogP contribution in [0.1, 0.15) is 21.5 Å². The molecule has 228 valence electrons. The lowest BCUT2D eigenvalue weighted by molar-refractivity contribution is -0.164. The number of benzene rings is 2. The van der Waals surface area contributed by atoms with E-state index in [2.05, 4.69) is 0 Å². The molecule has 0 spiro atoms. The van der Waals surface area contributed by atoms with Crippen LogP contribution in [0.25, 0.3) is 11.6 Å². The highest BCUT2D eigenvalue weighted by Crippen LogP contribution is 2.60. The van der Waals surface area contributed by atoms with E-state index in [1.165, 1.54) is 38.4 Å². The van der Waals surface area contributed by atoms with Gasteiger partial charge in [0.1, 0.15) is 11.7 Å². The van der Waals surface area contributed by atoms with Crippen LogP contribution >= 0.6 is 11.6 Å². The van der Waals surface area contributed by atoms with Gasteiger partial charge in [-0.15, -0.1) is 0 Å². The summed E-state index contributed by atoms with van der Waals surface area (Å²) in [6, 6.07) is 10.1. The van der Waals surface area contributed by atoms with Crippen molar-refractivity contribution >= 4 is 63.3 Å². The van der Waals surface area contributed by atoms with Gasteiger partial charge in [-0.3, -0.25) is 34.0 Å². The highest BCUT2D eigenvalue weighted by Gasteiger charge is 2.83. The summed E-state index contributed by atoms with van der Waals surface area (Å²) in [7, 11) is -0.102. The van der Waals surface area contributed by atoms with Gasteiger partial charge in [-0.1, -0.05) is 35.9 Å². The first-order valence-electron chi connectivity index (χ1n) is 13.1. The van der Waals surface area contributed by atoms with Crippen LogP contribution in [0.3, 0.4) is 0 Å². The molecule has 0 heterocycles. The number of Topliss-reactive ketones (excluding diaryl/α,β-unsaturated/α-hetero) is 4. The number of likely N-dealkylation sites (N-methyl/N-ethyl adjacent to an activating group) is 1. The van der Waals surface area contributed by atoms with Crippen molar-refractivity contribution in [3.8, 4) is 11.8 Å². The highest BCUT2D eigenvalue weighted by molar-refractivity contribution is 7.83. The van der Waals surface area contributed by atoms with Crippen LogP contribution in [0.2, 0.25) is 5.02 Å². The number of nitrogens with zero attached hydrogens (tertiary/aromatic N) is 2. The molecule has 3 aliphatic rings. The molecule has 2 aromatic carbocycles. The smallest absolute Gasteiger partial charge is 0.235 e. The topological polar surface area (TPSA) is 254 Å². The Hall–Kier alpha value is -4.10. The Kier molecular flexibility index (Phi) is 7.28. The second-order valence-electron chi connectivity index (χ2n) is 11.4. The molecule has 0 aromatic heterocycles. The molecule has 13 nitrogen and oxygen atoms in total. The molecule has 2 saturated carbocycles. The molecule has 1 amide bonds. The number of carbonyl (C=O) groups excluding carboxylic acids is 5. The normalized spacial score (nSPS) is 34.6. The average molecular weight is 639 g/mol. The molecule has 0 radical (unpaired) electrons. The Morgan fingerprint density at radius 2 is 1.70 bits per heavy atom. The van der Waals surface area contributed by atoms with Crippen LogP contribution in [-0.2, 0) is 30.2 Å². The standard InChI is InChI=1S/C29H27ClN6O7S/c1-36(2)22-21(39)18(25(32)42)23(40)27(11-31)24(41)19-20(38)17-14(4-3-5-16(17)37)15(10-12-6-8-13(30)9-7-12)28(19,33)26(44(35)43)29(22,27)34/h3-10,18-19,22,26,37H,33-35H2,1-2H3,(H2,32,42)/t18?,19?,22-,26+,27+,28+,29+,44?/m1/s1. The molecule has 8 atom stereocenters. The zero-order valence-electron chi connectivity index (χ0n) is 23.3. The number of ketones is 4. The summed E-state index contributed by atoms with van der Waals surface area (Å²) in [5, 5.41) is 26.0. The molecule has 5 rings (SSSR count). The lowest BCUT2D eigenvalue weighted by Crippen LogP contribution is -2.92. The maximum absolute atomic E-state index is 14.8. The number of rotatable bonds is 4. The number of halogens is 1. The fourth-order valence-electron chi connectivity index (χ4n) is 7.32. The van der Waals surface area contributed by atoms with Crippen LogP contribution in [0.5, 0.6) is 5.75 Å². The van der Waals surface area contributed by atoms with Gasteiger partial charge >= 0.3 is 0 Å². The van der Waals surface area contributed by atoms with E-state index in [1.54, 1.807) is 30.3 Å². The molecule has 44 heavy (non-hydrogen) atoms. The summed E-state index contributed by atoms with van der Waals surface area (Å²) in [5.41, 5.74) is 11.2. The minimum Gasteiger partial charge on any atom is -0.507 e. The summed E-state index contributed by atoms with van der Waals surface area (Å²) in [6.45, 7) is 0. The highest BCUT2D eigenvalue weighted by atomic mass is 35.5. The number of hydrogen-bond donors (Lipinski definition) is 5. The first kappa shape index (κ1) is 31.3. The van der Waals surface area contributed by atoms with Crippen molar-refractivity contribution < 1.29 is 33.3 Å². The summed E-state index contributed by atoms with van der Waals surface area (Å²) in [6.07, 6.45) is 1.45. The van der Waals surface area contributed by atoms with Crippen LogP contribution in [-0.4, -0.2) is 79.7 Å². The zero-order valence-corrected chi connectivity index (χ0v) is 24.9. The van der Waals surface area contributed by atoms with Crippen molar-refractivity contribution in [1.29, 1.82) is 5.26 Å². The number of fused-ring (bicyclic) bond motifs is 3. The van der Waals surface area contributed by atoms with Gasteiger partial charge in [0.15, 0.2) is 34.5 Å². The maximum atomic E-state index is 14.8. The molecule has 2 fully saturated rings. The van der Waals surface area contributed by atoms with Gasteiger partial charge in [0, 0.05) is 5.02 Å². The van der Waals surface area contributed by atoms with Gasteiger partial charge in [0.05, 0.1) is 45.0 Å². The van der Waals surface area contributed by atoms with E-state index in [0.717, 1.165) is 4.90 Å². The lowest BCUT2D eigenvalue weighted by Gasteiger charge is -2.64. The van der Waals surface area contributed by atoms with Gasteiger partial charge in [-0.05, 0) is 55.1 Å². The summed E-state index contributed by atoms with van der Waals surface area (Å²) >= 11 is 6.06. The number of nitrogens with two attached hydrogens (primary N) is 4. The van der Waals surface area contributed by atoms with Gasteiger partial charge in [-0.25, -0.2) is 4.21 Å². The molecule has 15 heteroatoms. The fourth-order valence-corrected chi connectivity index (χ4v) is 8.78. The van der Waals surface area contributed by atoms with Crippen molar-refractivity contribution in [3.63, 3.8) is 0 Å². The monoisotopic (exact) mass is 638 g/mol. The average Bonchev–Trinajstić information content (AvgIpc) is 2.91. The molecule has 9 N–H and O–H groups in total. The predicted octanol–water partition coefficient (Wildman–Crippen LogP) is -0.939. The largest absolute Gasteiger partial charge is 0.507 e.